The lowest BCUT2D eigenvalue weighted by Gasteiger charge is -2.09. The van der Waals surface area contributed by atoms with Crippen LogP contribution >= 0.6 is 0 Å². The van der Waals surface area contributed by atoms with Gasteiger partial charge in [-0.15, -0.1) is 0 Å². The Balaban J connectivity index is 2.06. The summed E-state index contributed by atoms with van der Waals surface area (Å²) < 4.78 is 2.32. The van der Waals surface area contributed by atoms with E-state index in [9.17, 15) is 0 Å². The Kier molecular flexibility index (Phi) is 3.73. The zero-order valence-corrected chi connectivity index (χ0v) is 14.7. The maximum atomic E-state index is 3.24. The highest BCUT2D eigenvalue weighted by Crippen LogP contribution is 2.35. The molecule has 0 spiro atoms. The molecule has 0 amide bonds. The molecule has 3 aromatic carbocycles. The van der Waals surface area contributed by atoms with Crippen LogP contribution < -0.4 is 16.0 Å². The molecule has 0 aliphatic heterocycles. The zero-order chi connectivity index (χ0) is 17.4. The van der Waals surface area contributed by atoms with Gasteiger partial charge < -0.3 is 20.5 Å². The fraction of sp³-hybridized carbons (Fsp3) is 0.143. The van der Waals surface area contributed by atoms with Crippen LogP contribution in [0.1, 0.15) is 0 Å². The third kappa shape index (κ3) is 2.47. The monoisotopic (exact) mass is 330 g/mol. The predicted molar refractivity (Wildman–Crippen MR) is 109 cm³/mol. The molecule has 0 atom stereocenters. The molecule has 126 valence electrons. The molecule has 0 aliphatic carbocycles. The lowest BCUT2D eigenvalue weighted by atomic mass is 10.1. The Morgan fingerprint density at radius 3 is 1.44 bits per heavy atom. The molecule has 4 nitrogen and oxygen atoms in total. The highest BCUT2D eigenvalue weighted by Gasteiger charge is 2.13. The Hall–Kier alpha value is -3.14. The van der Waals surface area contributed by atoms with Gasteiger partial charge in [0.25, 0.3) is 0 Å². The summed E-state index contributed by atoms with van der Waals surface area (Å²) in [6, 6.07) is 21.6. The molecule has 0 radical (unpaired) electrons. The van der Waals surface area contributed by atoms with Gasteiger partial charge in [-0.2, -0.15) is 0 Å². The van der Waals surface area contributed by atoms with E-state index in [1.54, 1.807) is 0 Å². The third-order valence-electron chi connectivity index (χ3n) is 4.76. The van der Waals surface area contributed by atoms with Gasteiger partial charge in [0.2, 0.25) is 0 Å². The van der Waals surface area contributed by atoms with Crippen LogP contribution in [0.2, 0.25) is 0 Å². The molecular weight excluding hydrogens is 308 g/mol. The van der Waals surface area contributed by atoms with Crippen molar-refractivity contribution in [3.05, 3.63) is 60.7 Å². The predicted octanol–water partition coefficient (Wildman–Crippen LogP) is 4.91. The number of nitrogens with one attached hydrogen (secondary N) is 3. The lowest BCUT2D eigenvalue weighted by molar-refractivity contribution is 1.18. The van der Waals surface area contributed by atoms with E-state index < -0.39 is 0 Å². The number of hydrogen-bond acceptors (Lipinski definition) is 3. The summed E-state index contributed by atoms with van der Waals surface area (Å²) in [4.78, 5) is 0. The largest absolute Gasteiger partial charge is 0.388 e. The van der Waals surface area contributed by atoms with Gasteiger partial charge >= 0.3 is 0 Å². The SMILES string of the molecule is CNc1ccc(-n2c3ccc(NC)cc3c3cc(NC)ccc32)cc1. The van der Waals surface area contributed by atoms with Crippen molar-refractivity contribution >= 4 is 38.9 Å². The maximum absolute atomic E-state index is 3.24. The summed E-state index contributed by atoms with van der Waals surface area (Å²) in [7, 11) is 5.85. The topological polar surface area (TPSA) is 41.0 Å². The molecule has 0 saturated carbocycles. The van der Waals surface area contributed by atoms with Gasteiger partial charge in [0.15, 0.2) is 0 Å². The van der Waals surface area contributed by atoms with Crippen LogP contribution in [-0.2, 0) is 0 Å². The first kappa shape index (κ1) is 15.4. The minimum absolute atomic E-state index is 1.11. The first-order valence-corrected chi connectivity index (χ1v) is 8.47. The molecule has 4 aromatic rings. The van der Waals surface area contributed by atoms with Crippen LogP contribution in [0.25, 0.3) is 27.5 Å². The van der Waals surface area contributed by atoms with Crippen LogP contribution in [0.3, 0.4) is 0 Å². The molecule has 0 aliphatic rings. The minimum atomic E-state index is 1.11. The fourth-order valence-electron chi connectivity index (χ4n) is 3.39. The van der Waals surface area contributed by atoms with Crippen molar-refractivity contribution in [3.63, 3.8) is 0 Å². The van der Waals surface area contributed by atoms with Crippen molar-refractivity contribution in [2.75, 3.05) is 37.1 Å². The molecule has 0 saturated heterocycles. The van der Waals surface area contributed by atoms with Gasteiger partial charge in [-0.25, -0.2) is 0 Å². The van der Waals surface area contributed by atoms with Gasteiger partial charge in [0.1, 0.15) is 0 Å². The van der Waals surface area contributed by atoms with Gasteiger partial charge in [-0.05, 0) is 60.7 Å². The first-order valence-electron chi connectivity index (χ1n) is 8.47. The second-order valence-electron chi connectivity index (χ2n) is 6.10. The molecule has 25 heavy (non-hydrogen) atoms. The summed E-state index contributed by atoms with van der Waals surface area (Å²) in [6.45, 7) is 0. The van der Waals surface area contributed by atoms with Crippen LogP contribution in [0, 0.1) is 0 Å². The van der Waals surface area contributed by atoms with E-state index in [0.29, 0.717) is 0 Å². The summed E-state index contributed by atoms with van der Waals surface area (Å²) in [5.41, 5.74) is 6.92. The number of rotatable bonds is 4. The van der Waals surface area contributed by atoms with E-state index in [1.165, 1.54) is 21.8 Å². The number of nitrogens with zero attached hydrogens (tertiary/aromatic N) is 1. The van der Waals surface area contributed by atoms with E-state index in [2.05, 4.69) is 81.2 Å². The molecule has 4 rings (SSSR count). The average Bonchev–Trinajstić information content (AvgIpc) is 3.00. The fourth-order valence-corrected chi connectivity index (χ4v) is 3.39. The maximum Gasteiger partial charge on any atom is 0.0542 e. The number of anilines is 3. The van der Waals surface area contributed by atoms with Crippen molar-refractivity contribution in [2.24, 2.45) is 0 Å². The van der Waals surface area contributed by atoms with Crippen molar-refractivity contribution in [1.29, 1.82) is 0 Å². The quantitative estimate of drug-likeness (QED) is 0.498. The van der Waals surface area contributed by atoms with Gasteiger partial charge in [-0.3, -0.25) is 0 Å². The molecule has 4 heteroatoms. The smallest absolute Gasteiger partial charge is 0.0542 e. The van der Waals surface area contributed by atoms with Crippen LogP contribution in [0.15, 0.2) is 60.7 Å². The highest BCUT2D eigenvalue weighted by atomic mass is 15.0. The Labute approximate surface area is 147 Å². The Morgan fingerprint density at radius 2 is 1.00 bits per heavy atom. The van der Waals surface area contributed by atoms with E-state index in [1.807, 2.05) is 21.1 Å². The molecule has 1 aromatic heterocycles. The summed E-state index contributed by atoms with van der Waals surface area (Å²) in [5.74, 6) is 0. The van der Waals surface area contributed by atoms with Gasteiger partial charge in [-0.1, -0.05) is 0 Å². The van der Waals surface area contributed by atoms with Crippen molar-refractivity contribution < 1.29 is 0 Å². The summed E-state index contributed by atoms with van der Waals surface area (Å²) >= 11 is 0. The number of hydrogen-bond donors (Lipinski definition) is 3. The van der Waals surface area contributed by atoms with Crippen LogP contribution in [-0.4, -0.2) is 25.7 Å². The Morgan fingerprint density at radius 1 is 0.560 bits per heavy atom. The van der Waals surface area contributed by atoms with Gasteiger partial charge in [0.05, 0.1) is 11.0 Å². The number of aromatic nitrogens is 1. The van der Waals surface area contributed by atoms with Crippen molar-refractivity contribution in [2.45, 2.75) is 0 Å². The average molecular weight is 330 g/mol. The standard InChI is InChI=1S/C21H22N4/c1-22-14-4-8-17(9-5-14)25-20-10-6-15(23-2)12-18(20)19-13-16(24-3)7-11-21(19)25/h4-13,22-24H,1-3H3. The minimum Gasteiger partial charge on any atom is -0.388 e. The van der Waals surface area contributed by atoms with E-state index >= 15 is 0 Å². The number of benzene rings is 3. The van der Waals surface area contributed by atoms with E-state index in [4.69, 9.17) is 0 Å². The van der Waals surface area contributed by atoms with E-state index in [0.717, 1.165) is 22.7 Å². The first-order chi connectivity index (χ1) is 12.2. The third-order valence-corrected chi connectivity index (χ3v) is 4.76. The van der Waals surface area contributed by atoms with Crippen LogP contribution in [0.4, 0.5) is 17.1 Å². The van der Waals surface area contributed by atoms with Gasteiger partial charge in [0, 0.05) is 54.7 Å². The number of fused-ring (bicyclic) bond motifs is 3. The molecule has 3 N–H and O–H groups in total. The molecule has 0 bridgehead atoms. The molecule has 0 fully saturated rings. The van der Waals surface area contributed by atoms with Crippen LogP contribution in [0.5, 0.6) is 0 Å². The molecular formula is C21H22N4. The van der Waals surface area contributed by atoms with Crippen molar-refractivity contribution in [1.82, 2.24) is 4.57 Å². The molecule has 1 heterocycles. The van der Waals surface area contributed by atoms with Crippen molar-refractivity contribution in [3.8, 4) is 5.69 Å². The lowest BCUT2D eigenvalue weighted by Crippen LogP contribution is -1.95. The second kappa shape index (κ2) is 6.06. The van der Waals surface area contributed by atoms with E-state index in [-0.39, 0.29) is 0 Å². The highest BCUT2D eigenvalue weighted by molar-refractivity contribution is 6.11. The zero-order valence-electron chi connectivity index (χ0n) is 14.7. The summed E-state index contributed by atoms with van der Waals surface area (Å²) in [5, 5.41) is 12.2. The Bertz CT molecular complexity index is 984. The second-order valence-corrected chi connectivity index (χ2v) is 6.10. The normalized spacial score (nSPS) is 11.0. The molecule has 0 unspecified atom stereocenters. The summed E-state index contributed by atoms with van der Waals surface area (Å²) in [6.07, 6.45) is 0.